The molecular formula is C21H37NS2. The molecule has 0 saturated heterocycles. The molecule has 0 unspecified atom stereocenters. The number of hydrogen-bond acceptors (Lipinski definition) is 2. The van der Waals surface area contributed by atoms with Gasteiger partial charge in [0.15, 0.2) is 0 Å². The first kappa shape index (κ1) is 21.8. The molecule has 0 saturated carbocycles. The van der Waals surface area contributed by atoms with Crippen molar-refractivity contribution in [1.29, 1.82) is 0 Å². The van der Waals surface area contributed by atoms with E-state index in [1.54, 1.807) is 0 Å². The summed E-state index contributed by atoms with van der Waals surface area (Å²) in [6.07, 6.45) is 21.8. The van der Waals surface area contributed by atoms with Gasteiger partial charge in [-0.25, -0.2) is 0 Å². The van der Waals surface area contributed by atoms with Gasteiger partial charge < -0.3 is 4.98 Å². The van der Waals surface area contributed by atoms with Crippen molar-refractivity contribution >= 4 is 24.0 Å². The first-order valence-electron chi connectivity index (χ1n) is 10.1. The van der Waals surface area contributed by atoms with Crippen molar-refractivity contribution in [2.75, 3.05) is 5.75 Å². The molecule has 0 radical (unpaired) electrons. The maximum absolute atomic E-state index is 5.28. The Morgan fingerprint density at radius 2 is 1.29 bits per heavy atom. The van der Waals surface area contributed by atoms with E-state index >= 15 is 0 Å². The molecule has 3 heteroatoms. The summed E-state index contributed by atoms with van der Waals surface area (Å²) < 4.78 is 0.882. The van der Waals surface area contributed by atoms with Crippen LogP contribution in [0.15, 0.2) is 23.2 Å². The van der Waals surface area contributed by atoms with Crippen molar-refractivity contribution in [3.8, 4) is 0 Å². The third-order valence-electron chi connectivity index (χ3n) is 4.54. The molecule has 0 bridgehead atoms. The molecule has 1 nitrogen and oxygen atoms in total. The van der Waals surface area contributed by atoms with Crippen LogP contribution in [0.1, 0.15) is 96.8 Å². The lowest BCUT2D eigenvalue weighted by molar-refractivity contribution is 0.538. The van der Waals surface area contributed by atoms with Crippen molar-refractivity contribution in [1.82, 2.24) is 4.98 Å². The van der Waals surface area contributed by atoms with Crippen molar-refractivity contribution in [3.05, 3.63) is 23.0 Å². The quantitative estimate of drug-likeness (QED) is 0.179. The standard InChI is InChI=1S/C21H37NS2/c1-2-3-4-5-6-7-8-9-10-11-12-13-14-15-19-24-20-17-16-18-22-21(20)23/h16-18H,2-15,19H2,1H3,(H,22,23). The molecule has 0 aliphatic carbocycles. The van der Waals surface area contributed by atoms with Crippen molar-refractivity contribution in [2.45, 2.75) is 102 Å². The summed E-state index contributed by atoms with van der Waals surface area (Å²) in [5.41, 5.74) is 0. The van der Waals surface area contributed by atoms with Gasteiger partial charge in [-0.3, -0.25) is 0 Å². The second kappa shape index (κ2) is 16.2. The smallest absolute Gasteiger partial charge is 0.116 e. The first-order chi connectivity index (χ1) is 11.8. The number of nitrogens with one attached hydrogen (secondary N) is 1. The second-order valence-corrected chi connectivity index (χ2v) is 8.35. The van der Waals surface area contributed by atoms with E-state index in [4.69, 9.17) is 12.2 Å². The van der Waals surface area contributed by atoms with Crippen LogP contribution in [0, 0.1) is 4.64 Å². The Morgan fingerprint density at radius 1 is 0.792 bits per heavy atom. The summed E-state index contributed by atoms with van der Waals surface area (Å²) in [6, 6.07) is 4.15. The largest absolute Gasteiger partial charge is 0.352 e. The van der Waals surface area contributed by atoms with Gasteiger partial charge >= 0.3 is 0 Å². The fourth-order valence-corrected chi connectivity index (χ4v) is 4.24. The number of pyridine rings is 1. The molecule has 1 rings (SSSR count). The van der Waals surface area contributed by atoms with Crippen molar-refractivity contribution < 1.29 is 0 Å². The summed E-state index contributed by atoms with van der Waals surface area (Å²) >= 11 is 7.18. The molecule has 24 heavy (non-hydrogen) atoms. The predicted octanol–water partition coefficient (Wildman–Crippen LogP) is 8.32. The lowest BCUT2D eigenvalue weighted by Crippen LogP contribution is -1.85. The van der Waals surface area contributed by atoms with Crippen LogP contribution in [0.5, 0.6) is 0 Å². The van der Waals surface area contributed by atoms with E-state index in [0.717, 1.165) is 4.64 Å². The number of aromatic nitrogens is 1. The van der Waals surface area contributed by atoms with Crippen LogP contribution in [0.4, 0.5) is 0 Å². The second-order valence-electron chi connectivity index (χ2n) is 6.81. The zero-order valence-electron chi connectivity index (χ0n) is 15.7. The Morgan fingerprint density at radius 3 is 1.79 bits per heavy atom. The summed E-state index contributed by atoms with van der Waals surface area (Å²) in [5.74, 6) is 1.19. The zero-order valence-corrected chi connectivity index (χ0v) is 17.3. The molecule has 0 atom stereocenters. The van der Waals surface area contributed by atoms with Crippen LogP contribution in [-0.4, -0.2) is 10.7 Å². The highest BCUT2D eigenvalue weighted by Crippen LogP contribution is 2.20. The van der Waals surface area contributed by atoms with E-state index in [2.05, 4.69) is 18.0 Å². The lowest BCUT2D eigenvalue weighted by atomic mass is 10.0. The van der Waals surface area contributed by atoms with E-state index in [-0.39, 0.29) is 0 Å². The van der Waals surface area contributed by atoms with Gasteiger partial charge in [-0.1, -0.05) is 103 Å². The first-order valence-corrected chi connectivity index (χ1v) is 11.5. The number of H-pyrrole nitrogens is 1. The van der Waals surface area contributed by atoms with Crippen LogP contribution >= 0.6 is 24.0 Å². The van der Waals surface area contributed by atoms with Gasteiger partial charge in [0.1, 0.15) is 4.64 Å². The monoisotopic (exact) mass is 367 g/mol. The minimum Gasteiger partial charge on any atom is -0.352 e. The Hall–Kier alpha value is -0.280. The van der Waals surface area contributed by atoms with E-state index < -0.39 is 0 Å². The Balaban J connectivity index is 1.78. The number of hydrogen-bond donors (Lipinski definition) is 1. The molecule has 1 N–H and O–H groups in total. The molecule has 0 spiro atoms. The molecule has 0 fully saturated rings. The van der Waals surface area contributed by atoms with Gasteiger partial charge in [0, 0.05) is 11.1 Å². The lowest BCUT2D eigenvalue weighted by Gasteiger charge is -2.04. The molecular weight excluding hydrogens is 330 g/mol. The van der Waals surface area contributed by atoms with Crippen molar-refractivity contribution in [3.63, 3.8) is 0 Å². The number of aromatic amines is 1. The third-order valence-corrected chi connectivity index (χ3v) is 6.15. The summed E-state index contributed by atoms with van der Waals surface area (Å²) in [5, 5.41) is 0. The molecule has 138 valence electrons. The zero-order chi connectivity index (χ0) is 17.3. The maximum atomic E-state index is 5.28. The van der Waals surface area contributed by atoms with E-state index in [1.807, 2.05) is 24.0 Å². The number of unbranched alkanes of at least 4 members (excludes halogenated alkanes) is 13. The molecule has 0 aliphatic rings. The van der Waals surface area contributed by atoms with Crippen LogP contribution in [0.3, 0.4) is 0 Å². The highest BCUT2D eigenvalue weighted by molar-refractivity contribution is 7.99. The average molecular weight is 368 g/mol. The number of thioether (sulfide) groups is 1. The topological polar surface area (TPSA) is 15.8 Å². The Labute approximate surface area is 159 Å². The Kier molecular flexibility index (Phi) is 14.7. The van der Waals surface area contributed by atoms with Gasteiger partial charge in [0.05, 0.1) is 0 Å². The minimum absolute atomic E-state index is 0.882. The summed E-state index contributed by atoms with van der Waals surface area (Å²) in [4.78, 5) is 4.32. The molecule has 0 aromatic carbocycles. The molecule has 1 heterocycles. The van der Waals surface area contributed by atoms with Gasteiger partial charge in [-0.15, -0.1) is 11.8 Å². The Bertz CT molecular complexity index is 441. The minimum atomic E-state index is 0.882. The number of rotatable bonds is 16. The van der Waals surface area contributed by atoms with Crippen molar-refractivity contribution in [2.24, 2.45) is 0 Å². The van der Waals surface area contributed by atoms with E-state index in [9.17, 15) is 0 Å². The van der Waals surface area contributed by atoms with Gasteiger partial charge in [0.2, 0.25) is 0 Å². The highest BCUT2D eigenvalue weighted by atomic mass is 32.2. The highest BCUT2D eigenvalue weighted by Gasteiger charge is 1.97. The third kappa shape index (κ3) is 12.1. The average Bonchev–Trinajstić information content (AvgIpc) is 2.60. The van der Waals surface area contributed by atoms with Crippen LogP contribution in [0.2, 0.25) is 0 Å². The van der Waals surface area contributed by atoms with Crippen LogP contribution in [0.25, 0.3) is 0 Å². The fraction of sp³-hybridized carbons (Fsp3) is 0.762. The molecule has 0 amide bonds. The van der Waals surface area contributed by atoms with Crippen LogP contribution < -0.4 is 0 Å². The maximum Gasteiger partial charge on any atom is 0.116 e. The summed E-state index contributed by atoms with van der Waals surface area (Å²) in [7, 11) is 0. The SMILES string of the molecule is CCCCCCCCCCCCCCCCSc1ccc[nH]c1=S. The normalized spacial score (nSPS) is 11.0. The van der Waals surface area contributed by atoms with Crippen LogP contribution in [-0.2, 0) is 0 Å². The summed E-state index contributed by atoms with van der Waals surface area (Å²) in [6.45, 7) is 2.29. The predicted molar refractivity (Wildman–Crippen MR) is 113 cm³/mol. The van der Waals surface area contributed by atoms with Gasteiger partial charge in [0.25, 0.3) is 0 Å². The van der Waals surface area contributed by atoms with E-state index in [0.29, 0.717) is 0 Å². The van der Waals surface area contributed by atoms with Gasteiger partial charge in [-0.2, -0.15) is 0 Å². The molecule has 1 aromatic rings. The fourth-order valence-electron chi connectivity index (χ4n) is 3.00. The van der Waals surface area contributed by atoms with E-state index in [1.165, 1.54) is 101 Å². The van der Waals surface area contributed by atoms with Gasteiger partial charge in [-0.05, 0) is 24.3 Å². The molecule has 0 aliphatic heterocycles. The molecule has 1 aromatic heterocycles.